The Morgan fingerprint density at radius 2 is 1.77 bits per heavy atom. The van der Waals surface area contributed by atoms with Crippen LogP contribution in [-0.4, -0.2) is 43.4 Å². The molecule has 0 spiro atoms. The molecule has 2 aliphatic rings. The van der Waals surface area contributed by atoms with Crippen LogP contribution in [0.2, 0.25) is 0 Å². The zero-order chi connectivity index (χ0) is 28.4. The molecule has 2 aliphatic heterocycles. The number of benzene rings is 3. The van der Waals surface area contributed by atoms with E-state index in [2.05, 4.69) is 16.0 Å². The van der Waals surface area contributed by atoms with E-state index >= 15 is 0 Å². The average Bonchev–Trinajstić information content (AvgIpc) is 3.58. The highest BCUT2D eigenvalue weighted by Gasteiger charge is 2.36. The third kappa shape index (κ3) is 5.32. The molecule has 5 rings (SSSR count). The highest BCUT2D eigenvalue weighted by Crippen LogP contribution is 2.39. The first-order valence-electron chi connectivity index (χ1n) is 13.4. The summed E-state index contributed by atoms with van der Waals surface area (Å²) in [5.41, 5.74) is 5.69. The molecule has 9 nitrogen and oxygen atoms in total. The normalized spacial score (nSPS) is 16.6. The molecule has 9 heteroatoms. The summed E-state index contributed by atoms with van der Waals surface area (Å²) in [5.74, 6) is 0.724. The molecule has 0 bridgehead atoms. The Hall–Kier alpha value is -4.53. The number of likely N-dealkylation sites (tertiary alicyclic amines) is 1. The molecule has 0 unspecified atom stereocenters. The molecule has 3 aromatic rings. The van der Waals surface area contributed by atoms with Gasteiger partial charge >= 0.3 is 0 Å². The van der Waals surface area contributed by atoms with Crippen molar-refractivity contribution in [3.05, 3.63) is 82.4 Å². The highest BCUT2D eigenvalue weighted by molar-refractivity contribution is 5.99. The maximum atomic E-state index is 14.4. The van der Waals surface area contributed by atoms with Crippen LogP contribution in [-0.2, 0) is 16.1 Å². The lowest BCUT2D eigenvalue weighted by molar-refractivity contribution is -0.133. The molecule has 40 heavy (non-hydrogen) atoms. The van der Waals surface area contributed by atoms with Gasteiger partial charge in [-0.2, -0.15) is 0 Å². The lowest BCUT2D eigenvalue weighted by Crippen LogP contribution is -2.38. The number of methoxy groups -OCH3 is 2. The van der Waals surface area contributed by atoms with Crippen molar-refractivity contribution in [1.29, 1.82) is 0 Å². The second kappa shape index (κ2) is 11.3. The number of hydrogen-bond donors (Lipinski definition) is 3. The fourth-order valence-electron chi connectivity index (χ4n) is 5.59. The third-order valence-corrected chi connectivity index (χ3v) is 7.59. The minimum absolute atomic E-state index is 0.0935. The smallest absolute Gasteiger partial charge is 0.251 e. The molecular formula is C31H34N4O5. The van der Waals surface area contributed by atoms with Crippen LogP contribution in [0.3, 0.4) is 0 Å². The van der Waals surface area contributed by atoms with Crippen molar-refractivity contribution in [2.75, 3.05) is 31.4 Å². The maximum absolute atomic E-state index is 14.4. The highest BCUT2D eigenvalue weighted by atomic mass is 16.5. The molecule has 0 aliphatic carbocycles. The molecule has 2 atom stereocenters. The van der Waals surface area contributed by atoms with E-state index in [-0.39, 0.29) is 23.8 Å². The van der Waals surface area contributed by atoms with E-state index in [4.69, 9.17) is 9.47 Å². The average molecular weight is 543 g/mol. The standard InChI is InChI=1S/C31H34N4O5/c1-18-7-10-22(33-19(2)36)15-24(18)26-6-5-13-35(26)31(38)29(20-9-12-27(39-3)28(14-20)40-4)34-23-11-8-21-17-32-30(37)25(21)16-23/h7-12,14-16,26,29,34H,5-6,13,17H2,1-4H3,(H,32,37)(H,33,36)/t26-,29-/m1/s1. The molecule has 1 fully saturated rings. The molecule has 0 radical (unpaired) electrons. The summed E-state index contributed by atoms with van der Waals surface area (Å²) < 4.78 is 11.0. The zero-order valence-corrected chi connectivity index (χ0v) is 23.2. The number of carbonyl (C=O) groups excluding carboxylic acids is 3. The number of rotatable bonds is 8. The van der Waals surface area contributed by atoms with Crippen molar-refractivity contribution in [2.24, 2.45) is 0 Å². The molecule has 2 heterocycles. The van der Waals surface area contributed by atoms with Crippen LogP contribution in [0.25, 0.3) is 0 Å². The Morgan fingerprint density at radius 1 is 1.00 bits per heavy atom. The zero-order valence-electron chi connectivity index (χ0n) is 23.2. The van der Waals surface area contributed by atoms with Gasteiger partial charge in [-0.3, -0.25) is 14.4 Å². The fraction of sp³-hybridized carbons (Fsp3) is 0.323. The van der Waals surface area contributed by atoms with Crippen molar-refractivity contribution >= 4 is 29.1 Å². The van der Waals surface area contributed by atoms with Gasteiger partial charge in [0.1, 0.15) is 6.04 Å². The molecule has 3 amide bonds. The SMILES string of the molecule is COc1ccc([C@@H](Nc2ccc3c(c2)C(=O)NC3)C(=O)N2CCC[C@@H]2c2cc(NC(C)=O)ccc2C)cc1OC. The predicted molar refractivity (Wildman–Crippen MR) is 153 cm³/mol. The van der Waals surface area contributed by atoms with Crippen molar-refractivity contribution in [1.82, 2.24) is 10.2 Å². The lowest BCUT2D eigenvalue weighted by Gasteiger charge is -2.31. The Labute approximate surface area is 233 Å². The number of aryl methyl sites for hydroxylation is 1. The first-order chi connectivity index (χ1) is 19.3. The third-order valence-electron chi connectivity index (χ3n) is 7.59. The summed E-state index contributed by atoms with van der Waals surface area (Å²) in [7, 11) is 3.13. The van der Waals surface area contributed by atoms with Gasteiger partial charge in [0.2, 0.25) is 11.8 Å². The molecular weight excluding hydrogens is 508 g/mol. The molecule has 1 saturated heterocycles. The number of amides is 3. The van der Waals surface area contributed by atoms with Crippen LogP contribution in [0.15, 0.2) is 54.6 Å². The Morgan fingerprint density at radius 3 is 2.52 bits per heavy atom. The number of hydrogen-bond acceptors (Lipinski definition) is 6. The van der Waals surface area contributed by atoms with Crippen molar-refractivity contribution in [3.63, 3.8) is 0 Å². The van der Waals surface area contributed by atoms with Gasteiger partial charge < -0.3 is 30.3 Å². The van der Waals surface area contributed by atoms with E-state index < -0.39 is 6.04 Å². The van der Waals surface area contributed by atoms with E-state index in [1.54, 1.807) is 26.4 Å². The Kier molecular flexibility index (Phi) is 7.64. The Bertz CT molecular complexity index is 1470. The molecule has 3 aromatic carbocycles. The minimum Gasteiger partial charge on any atom is -0.493 e. The van der Waals surface area contributed by atoms with Gasteiger partial charge in [-0.15, -0.1) is 0 Å². The topological polar surface area (TPSA) is 109 Å². The van der Waals surface area contributed by atoms with Crippen LogP contribution in [0, 0.1) is 6.92 Å². The number of nitrogens with one attached hydrogen (secondary N) is 3. The van der Waals surface area contributed by atoms with Gasteiger partial charge in [-0.1, -0.05) is 18.2 Å². The number of carbonyl (C=O) groups is 3. The second-order valence-corrected chi connectivity index (χ2v) is 10.2. The molecule has 208 valence electrons. The van der Waals surface area contributed by atoms with E-state index in [9.17, 15) is 14.4 Å². The minimum atomic E-state index is -0.748. The van der Waals surface area contributed by atoms with Gasteiger partial charge in [0, 0.05) is 37.0 Å². The quantitative estimate of drug-likeness (QED) is 0.380. The summed E-state index contributed by atoms with van der Waals surface area (Å²) in [6, 6.07) is 16.0. The molecule has 0 aromatic heterocycles. The van der Waals surface area contributed by atoms with Gasteiger partial charge in [-0.25, -0.2) is 0 Å². The second-order valence-electron chi connectivity index (χ2n) is 10.2. The first-order valence-corrected chi connectivity index (χ1v) is 13.4. The van der Waals surface area contributed by atoms with E-state index in [0.717, 1.165) is 29.5 Å². The van der Waals surface area contributed by atoms with Crippen LogP contribution in [0.1, 0.15) is 64.5 Å². The Balaban J connectivity index is 1.52. The summed E-state index contributed by atoms with van der Waals surface area (Å²) >= 11 is 0. The summed E-state index contributed by atoms with van der Waals surface area (Å²) in [5, 5.41) is 9.11. The van der Waals surface area contributed by atoms with Crippen LogP contribution in [0.4, 0.5) is 11.4 Å². The number of fused-ring (bicyclic) bond motifs is 1. The first kappa shape index (κ1) is 27.1. The van der Waals surface area contributed by atoms with E-state index in [1.165, 1.54) is 6.92 Å². The van der Waals surface area contributed by atoms with Crippen LogP contribution >= 0.6 is 0 Å². The fourth-order valence-corrected chi connectivity index (χ4v) is 5.59. The monoisotopic (exact) mass is 542 g/mol. The van der Waals surface area contributed by atoms with Gasteiger partial charge in [0.25, 0.3) is 5.91 Å². The van der Waals surface area contributed by atoms with Crippen LogP contribution < -0.4 is 25.4 Å². The lowest BCUT2D eigenvalue weighted by atomic mass is 9.97. The number of anilines is 2. The van der Waals surface area contributed by atoms with Gasteiger partial charge in [-0.05, 0) is 78.4 Å². The van der Waals surface area contributed by atoms with Crippen molar-refractivity contribution in [3.8, 4) is 11.5 Å². The number of nitrogens with zero attached hydrogens (tertiary/aromatic N) is 1. The predicted octanol–water partition coefficient (Wildman–Crippen LogP) is 4.73. The van der Waals surface area contributed by atoms with E-state index in [0.29, 0.717) is 47.1 Å². The largest absolute Gasteiger partial charge is 0.493 e. The van der Waals surface area contributed by atoms with Crippen molar-refractivity contribution < 1.29 is 23.9 Å². The molecule has 3 N–H and O–H groups in total. The van der Waals surface area contributed by atoms with Gasteiger partial charge in [0.05, 0.1) is 20.3 Å². The maximum Gasteiger partial charge on any atom is 0.251 e. The van der Waals surface area contributed by atoms with Gasteiger partial charge in [0.15, 0.2) is 11.5 Å². The van der Waals surface area contributed by atoms with Crippen molar-refractivity contribution in [2.45, 2.75) is 45.3 Å². The summed E-state index contributed by atoms with van der Waals surface area (Å²) in [4.78, 5) is 40.3. The van der Waals surface area contributed by atoms with E-state index in [1.807, 2.05) is 54.3 Å². The number of ether oxygens (including phenoxy) is 2. The summed E-state index contributed by atoms with van der Waals surface area (Å²) in [6.07, 6.45) is 1.67. The summed E-state index contributed by atoms with van der Waals surface area (Å²) in [6.45, 7) is 4.60. The molecule has 0 saturated carbocycles. The van der Waals surface area contributed by atoms with Crippen LogP contribution in [0.5, 0.6) is 11.5 Å².